The summed E-state index contributed by atoms with van der Waals surface area (Å²) in [6, 6.07) is 28.7. The van der Waals surface area contributed by atoms with Crippen molar-refractivity contribution in [3.63, 3.8) is 0 Å². The zero-order valence-corrected chi connectivity index (χ0v) is 25.0. The number of rotatable bonds is 7. The molecular formula is C38H34N2O4. The van der Waals surface area contributed by atoms with Gasteiger partial charge < -0.3 is 15.0 Å². The lowest BCUT2D eigenvalue weighted by Gasteiger charge is -2.39. The number of hydrogen-bond acceptors (Lipinski definition) is 5. The van der Waals surface area contributed by atoms with E-state index in [1.807, 2.05) is 84.6 Å². The lowest BCUT2D eigenvalue weighted by molar-refractivity contribution is -0.121. The van der Waals surface area contributed by atoms with Crippen molar-refractivity contribution in [2.75, 3.05) is 17.3 Å². The molecule has 0 bridgehead atoms. The topological polar surface area (TPSA) is 75.7 Å². The number of hydrogen-bond donors (Lipinski definition) is 1. The van der Waals surface area contributed by atoms with Crippen LogP contribution in [-0.4, -0.2) is 36.7 Å². The molecular weight excluding hydrogens is 548 g/mol. The number of allylic oxidation sites excluding steroid dienone is 1. The summed E-state index contributed by atoms with van der Waals surface area (Å²) in [6.07, 6.45) is 3.99. The maximum Gasteiger partial charge on any atom is 0.238 e. The number of amides is 1. The minimum atomic E-state index is -1.34. The number of ketones is 2. The Bertz CT molecular complexity index is 1820. The Labute approximate surface area is 257 Å². The highest BCUT2D eigenvalue weighted by molar-refractivity contribution is 6.18. The van der Waals surface area contributed by atoms with Gasteiger partial charge in [-0.25, -0.2) is 0 Å². The highest BCUT2D eigenvalue weighted by Gasteiger charge is 2.70. The second-order valence-corrected chi connectivity index (χ2v) is 11.9. The van der Waals surface area contributed by atoms with Gasteiger partial charge in [-0.3, -0.25) is 14.4 Å². The summed E-state index contributed by atoms with van der Waals surface area (Å²) >= 11 is 0. The number of anilines is 2. The van der Waals surface area contributed by atoms with Crippen LogP contribution in [-0.2, 0) is 16.6 Å². The highest BCUT2D eigenvalue weighted by Crippen LogP contribution is 2.58. The van der Waals surface area contributed by atoms with Crippen LogP contribution >= 0.6 is 0 Å². The lowest BCUT2D eigenvalue weighted by atomic mass is 9.64. The van der Waals surface area contributed by atoms with Crippen LogP contribution < -0.4 is 15.0 Å². The maximum atomic E-state index is 15.0. The number of nitrogens with one attached hydrogen (secondary N) is 1. The Hall–Kier alpha value is -4.97. The largest absolute Gasteiger partial charge is 0.497 e. The van der Waals surface area contributed by atoms with Gasteiger partial charge in [0.25, 0.3) is 0 Å². The third kappa shape index (κ3) is 3.97. The third-order valence-electron chi connectivity index (χ3n) is 9.59. The number of carbonyl (C=O) groups excluding carboxylic acids is 3. The van der Waals surface area contributed by atoms with Crippen LogP contribution in [0.1, 0.15) is 57.7 Å². The molecule has 3 aliphatic rings. The van der Waals surface area contributed by atoms with Crippen LogP contribution in [0, 0.1) is 5.92 Å². The van der Waals surface area contributed by atoms with Crippen molar-refractivity contribution in [2.24, 2.45) is 5.92 Å². The minimum absolute atomic E-state index is 0.213. The second-order valence-electron chi connectivity index (χ2n) is 11.9. The smallest absolute Gasteiger partial charge is 0.238 e. The average Bonchev–Trinajstić information content (AvgIpc) is 3.53. The molecule has 1 spiro atoms. The van der Waals surface area contributed by atoms with E-state index in [-0.39, 0.29) is 17.5 Å². The molecule has 220 valence electrons. The summed E-state index contributed by atoms with van der Waals surface area (Å²) in [7, 11) is 1.58. The van der Waals surface area contributed by atoms with Gasteiger partial charge in [0, 0.05) is 28.1 Å². The van der Waals surface area contributed by atoms with Crippen molar-refractivity contribution in [1.29, 1.82) is 0 Å². The Morgan fingerprint density at radius 3 is 2.25 bits per heavy atom. The molecule has 1 amide bonds. The molecule has 6 nitrogen and oxygen atoms in total. The fraction of sp³-hybridized carbons (Fsp3) is 0.237. The number of nitrogens with zero attached hydrogens (tertiary/aromatic N) is 1. The van der Waals surface area contributed by atoms with E-state index in [0.29, 0.717) is 22.6 Å². The SMILES string of the molecule is CCCc1ccc(C(=O)[C@H]2[C@H](C(=O)c3ccc(OC)cc3)N3c4ccccc4C(C)=C[C@@H]3[C@]23C(=O)Nc2ccccc23)cc1. The second kappa shape index (κ2) is 10.6. The summed E-state index contributed by atoms with van der Waals surface area (Å²) in [5.41, 5.74) is 5.01. The van der Waals surface area contributed by atoms with Crippen LogP contribution in [0.4, 0.5) is 11.4 Å². The van der Waals surface area contributed by atoms with E-state index in [0.717, 1.165) is 40.8 Å². The first-order valence-corrected chi connectivity index (χ1v) is 15.2. The summed E-state index contributed by atoms with van der Waals surface area (Å²) in [5, 5.41) is 3.10. The molecule has 1 N–H and O–H groups in total. The first kappa shape index (κ1) is 27.8. The van der Waals surface area contributed by atoms with Gasteiger partial charge in [-0.1, -0.05) is 80.1 Å². The summed E-state index contributed by atoms with van der Waals surface area (Å²) in [6.45, 7) is 4.15. The number of benzene rings is 4. The monoisotopic (exact) mass is 582 g/mol. The van der Waals surface area contributed by atoms with E-state index in [1.54, 1.807) is 31.4 Å². The van der Waals surface area contributed by atoms with Gasteiger partial charge in [0.2, 0.25) is 5.91 Å². The highest BCUT2D eigenvalue weighted by atomic mass is 16.5. The normalized spacial score (nSPS) is 23.0. The molecule has 0 radical (unpaired) electrons. The van der Waals surface area contributed by atoms with Gasteiger partial charge in [0.15, 0.2) is 11.6 Å². The van der Waals surface area contributed by atoms with Crippen LogP contribution in [0.15, 0.2) is 103 Å². The summed E-state index contributed by atoms with van der Waals surface area (Å²) in [4.78, 5) is 46.5. The van der Waals surface area contributed by atoms with Crippen molar-refractivity contribution < 1.29 is 19.1 Å². The van der Waals surface area contributed by atoms with Crippen molar-refractivity contribution in [2.45, 2.75) is 44.2 Å². The lowest BCUT2D eigenvalue weighted by Crippen LogP contribution is -2.51. The average molecular weight is 583 g/mol. The van der Waals surface area contributed by atoms with E-state index in [2.05, 4.69) is 18.3 Å². The Balaban J connectivity index is 1.50. The van der Waals surface area contributed by atoms with Crippen LogP contribution in [0.3, 0.4) is 0 Å². The first-order valence-electron chi connectivity index (χ1n) is 15.2. The molecule has 1 saturated heterocycles. The molecule has 4 atom stereocenters. The molecule has 3 aliphatic heterocycles. The predicted octanol–water partition coefficient (Wildman–Crippen LogP) is 6.89. The number of fused-ring (bicyclic) bond motifs is 6. The van der Waals surface area contributed by atoms with Crippen LogP contribution in [0.5, 0.6) is 5.75 Å². The van der Waals surface area contributed by atoms with E-state index in [1.165, 1.54) is 0 Å². The van der Waals surface area contributed by atoms with Crippen molar-refractivity contribution in [3.05, 3.63) is 131 Å². The minimum Gasteiger partial charge on any atom is -0.497 e. The van der Waals surface area contributed by atoms with Crippen LogP contribution in [0.25, 0.3) is 5.57 Å². The molecule has 0 unspecified atom stereocenters. The quantitative estimate of drug-likeness (QED) is 0.240. The van der Waals surface area contributed by atoms with E-state index < -0.39 is 23.4 Å². The van der Waals surface area contributed by atoms with Gasteiger partial charge in [-0.15, -0.1) is 0 Å². The number of para-hydroxylation sites is 2. The molecule has 6 heteroatoms. The molecule has 0 aromatic heterocycles. The van der Waals surface area contributed by atoms with E-state index in [4.69, 9.17) is 4.74 Å². The Morgan fingerprint density at radius 1 is 0.864 bits per heavy atom. The van der Waals surface area contributed by atoms with Gasteiger partial charge in [0.05, 0.1) is 19.1 Å². The number of methoxy groups -OCH3 is 1. The summed E-state index contributed by atoms with van der Waals surface area (Å²) < 4.78 is 5.36. The van der Waals surface area contributed by atoms with Crippen molar-refractivity contribution in [1.82, 2.24) is 0 Å². The standard InChI is InChI=1S/C38H34N2O4/c1-4-9-24-14-16-25(17-15-24)35(41)33-34(36(42)26-18-20-27(44-3)21-19-26)40-31-13-8-5-10-28(31)23(2)22-32(40)38(33)29-11-6-7-12-30(29)39-37(38)43/h5-8,10-22,32-34H,4,9H2,1-3H3,(H,39,43)/t32-,33-,34-,38+/m1/s1. The zero-order valence-electron chi connectivity index (χ0n) is 25.0. The molecule has 0 saturated carbocycles. The van der Waals surface area contributed by atoms with Crippen molar-refractivity contribution in [3.8, 4) is 5.75 Å². The molecule has 0 aliphatic carbocycles. The molecule has 7 rings (SSSR count). The first-order chi connectivity index (χ1) is 21.4. The molecule has 4 aromatic carbocycles. The van der Waals surface area contributed by atoms with E-state index >= 15 is 4.79 Å². The fourth-order valence-corrected chi connectivity index (χ4v) is 7.62. The number of aryl methyl sites for hydroxylation is 1. The molecule has 44 heavy (non-hydrogen) atoms. The maximum absolute atomic E-state index is 15.0. The molecule has 3 heterocycles. The van der Waals surface area contributed by atoms with Gasteiger partial charge in [-0.05, 0) is 66.4 Å². The van der Waals surface area contributed by atoms with Crippen molar-refractivity contribution >= 4 is 34.4 Å². The number of Topliss-reactive ketones (excluding diaryl/α,β-unsaturated/α-hetero) is 2. The number of ether oxygens (including phenoxy) is 1. The van der Waals surface area contributed by atoms with Crippen LogP contribution in [0.2, 0.25) is 0 Å². The third-order valence-corrected chi connectivity index (χ3v) is 9.59. The van der Waals surface area contributed by atoms with Gasteiger partial charge in [0.1, 0.15) is 17.2 Å². The molecule has 1 fully saturated rings. The van der Waals surface area contributed by atoms with Gasteiger partial charge >= 0.3 is 0 Å². The molecule has 4 aromatic rings. The Morgan fingerprint density at radius 2 is 1.52 bits per heavy atom. The zero-order chi connectivity index (χ0) is 30.6. The predicted molar refractivity (Wildman–Crippen MR) is 172 cm³/mol. The van der Waals surface area contributed by atoms with Gasteiger partial charge in [-0.2, -0.15) is 0 Å². The summed E-state index contributed by atoms with van der Waals surface area (Å²) in [5.74, 6) is -1.06. The number of carbonyl (C=O) groups is 3. The Kier molecular flexibility index (Phi) is 6.73. The van der Waals surface area contributed by atoms with E-state index in [9.17, 15) is 9.59 Å². The fourth-order valence-electron chi connectivity index (χ4n) is 7.62.